The molecule has 0 spiro atoms. The molecule has 14 heavy (non-hydrogen) atoms. The van der Waals surface area contributed by atoms with Crippen LogP contribution in [0.2, 0.25) is 0 Å². The summed E-state index contributed by atoms with van der Waals surface area (Å²) >= 11 is 1.53. The van der Waals surface area contributed by atoms with E-state index in [9.17, 15) is 4.79 Å². The molecule has 78 valence electrons. The maximum Gasteiger partial charge on any atom is 0.357 e. The summed E-state index contributed by atoms with van der Waals surface area (Å²) in [7, 11) is 1.37. The highest BCUT2D eigenvalue weighted by Crippen LogP contribution is 2.24. The van der Waals surface area contributed by atoms with E-state index in [4.69, 9.17) is 0 Å². The van der Waals surface area contributed by atoms with E-state index in [0.717, 1.165) is 17.8 Å². The summed E-state index contributed by atoms with van der Waals surface area (Å²) in [6.07, 6.45) is 2.24. The van der Waals surface area contributed by atoms with Gasteiger partial charge in [0.25, 0.3) is 0 Å². The number of carbonyl (C=O) groups is 1. The van der Waals surface area contributed by atoms with Crippen molar-refractivity contribution in [3.63, 3.8) is 0 Å². The third-order valence-corrected chi connectivity index (χ3v) is 3.14. The summed E-state index contributed by atoms with van der Waals surface area (Å²) in [4.78, 5) is 15.4. The van der Waals surface area contributed by atoms with Gasteiger partial charge < -0.3 is 4.74 Å². The van der Waals surface area contributed by atoms with E-state index in [0.29, 0.717) is 11.6 Å². The topological polar surface area (TPSA) is 39.2 Å². The normalized spacial score (nSPS) is 12.5. The molecule has 0 radical (unpaired) electrons. The molecule has 1 aromatic heterocycles. The smallest absolute Gasteiger partial charge is 0.357 e. The molecule has 0 saturated carbocycles. The zero-order chi connectivity index (χ0) is 10.6. The average Bonchev–Trinajstić information content (AvgIpc) is 2.66. The number of aromatic nitrogens is 1. The molecule has 1 rings (SSSR count). The summed E-state index contributed by atoms with van der Waals surface area (Å²) < 4.78 is 4.59. The molecule has 1 unspecified atom stereocenters. The zero-order valence-corrected chi connectivity index (χ0v) is 9.56. The second-order valence-electron chi connectivity index (χ2n) is 3.25. The maximum absolute atomic E-state index is 11.1. The SMILES string of the molecule is CCCC(C)c1nc(C(=O)OC)cs1. The summed E-state index contributed by atoms with van der Waals surface area (Å²) in [5.41, 5.74) is 0.426. The fourth-order valence-electron chi connectivity index (χ4n) is 1.27. The van der Waals surface area contributed by atoms with Crippen LogP contribution in [0.25, 0.3) is 0 Å². The number of hydrogen-bond donors (Lipinski definition) is 0. The summed E-state index contributed by atoms with van der Waals surface area (Å²) in [6, 6.07) is 0. The van der Waals surface area contributed by atoms with Gasteiger partial charge >= 0.3 is 5.97 Å². The molecule has 0 aliphatic carbocycles. The monoisotopic (exact) mass is 213 g/mol. The molecule has 0 N–H and O–H groups in total. The van der Waals surface area contributed by atoms with Crippen LogP contribution < -0.4 is 0 Å². The number of carbonyl (C=O) groups excluding carboxylic acids is 1. The number of thiazole rings is 1. The third kappa shape index (κ3) is 2.54. The van der Waals surface area contributed by atoms with E-state index in [1.54, 1.807) is 5.38 Å². The molecule has 0 bridgehead atoms. The largest absolute Gasteiger partial charge is 0.464 e. The molecule has 4 heteroatoms. The van der Waals surface area contributed by atoms with E-state index in [1.807, 2.05) is 0 Å². The Bertz CT molecular complexity index is 309. The fraction of sp³-hybridized carbons (Fsp3) is 0.600. The van der Waals surface area contributed by atoms with E-state index in [-0.39, 0.29) is 5.97 Å². The van der Waals surface area contributed by atoms with Gasteiger partial charge in [-0.3, -0.25) is 0 Å². The van der Waals surface area contributed by atoms with E-state index in [1.165, 1.54) is 18.4 Å². The number of ether oxygens (including phenoxy) is 1. The minimum absolute atomic E-state index is 0.351. The lowest BCUT2D eigenvalue weighted by atomic mass is 10.1. The van der Waals surface area contributed by atoms with Crippen LogP contribution in [0.5, 0.6) is 0 Å². The third-order valence-electron chi connectivity index (χ3n) is 2.06. The number of hydrogen-bond acceptors (Lipinski definition) is 4. The van der Waals surface area contributed by atoms with Gasteiger partial charge in [0.1, 0.15) is 0 Å². The predicted octanol–water partition coefficient (Wildman–Crippen LogP) is 2.83. The fourth-order valence-corrected chi connectivity index (χ4v) is 2.15. The summed E-state index contributed by atoms with van der Waals surface area (Å²) in [6.45, 7) is 4.27. The molecule has 0 aliphatic rings. The Morgan fingerprint density at radius 1 is 1.71 bits per heavy atom. The van der Waals surface area contributed by atoms with Crippen LogP contribution in [0.1, 0.15) is 48.1 Å². The van der Waals surface area contributed by atoms with Gasteiger partial charge in [0.05, 0.1) is 12.1 Å². The van der Waals surface area contributed by atoms with E-state index >= 15 is 0 Å². The molecule has 1 atom stereocenters. The van der Waals surface area contributed by atoms with Gasteiger partial charge in [0, 0.05) is 11.3 Å². The molecular weight excluding hydrogens is 198 g/mol. The number of rotatable bonds is 4. The Hall–Kier alpha value is -0.900. The van der Waals surface area contributed by atoms with Crippen molar-refractivity contribution in [3.05, 3.63) is 16.1 Å². The zero-order valence-electron chi connectivity index (χ0n) is 8.74. The van der Waals surface area contributed by atoms with Crippen LogP contribution in [-0.4, -0.2) is 18.1 Å². The highest BCUT2D eigenvalue weighted by Gasteiger charge is 2.14. The van der Waals surface area contributed by atoms with Gasteiger partial charge in [-0.25, -0.2) is 9.78 Å². The predicted molar refractivity (Wildman–Crippen MR) is 56.8 cm³/mol. The molecule has 0 saturated heterocycles. The van der Waals surface area contributed by atoms with Crippen LogP contribution >= 0.6 is 11.3 Å². The Morgan fingerprint density at radius 2 is 2.43 bits per heavy atom. The minimum atomic E-state index is -0.351. The van der Waals surface area contributed by atoms with Gasteiger partial charge in [-0.2, -0.15) is 0 Å². The Kier molecular flexibility index (Phi) is 4.07. The first-order valence-electron chi connectivity index (χ1n) is 4.72. The Balaban J connectivity index is 2.72. The molecule has 0 aromatic carbocycles. The maximum atomic E-state index is 11.1. The first-order valence-corrected chi connectivity index (χ1v) is 5.60. The molecule has 3 nitrogen and oxygen atoms in total. The highest BCUT2D eigenvalue weighted by molar-refractivity contribution is 7.09. The first kappa shape index (κ1) is 11.2. The standard InChI is InChI=1S/C10H15NO2S/c1-4-5-7(2)9-11-8(6-14-9)10(12)13-3/h6-7H,4-5H2,1-3H3. The van der Waals surface area contributed by atoms with E-state index < -0.39 is 0 Å². The van der Waals surface area contributed by atoms with Crippen molar-refractivity contribution in [2.45, 2.75) is 32.6 Å². The summed E-state index contributed by atoms with van der Waals surface area (Å²) in [5.74, 6) is 0.0830. The van der Waals surface area contributed by atoms with Crippen molar-refractivity contribution in [1.29, 1.82) is 0 Å². The molecule has 0 amide bonds. The lowest BCUT2D eigenvalue weighted by molar-refractivity contribution is 0.0594. The van der Waals surface area contributed by atoms with Crippen LogP contribution in [-0.2, 0) is 4.74 Å². The molecular formula is C10H15NO2S. The molecule has 1 aromatic rings. The van der Waals surface area contributed by atoms with Crippen molar-refractivity contribution < 1.29 is 9.53 Å². The van der Waals surface area contributed by atoms with Crippen molar-refractivity contribution in [3.8, 4) is 0 Å². The second-order valence-corrected chi connectivity index (χ2v) is 4.14. The van der Waals surface area contributed by atoms with Gasteiger partial charge in [0.15, 0.2) is 5.69 Å². The summed E-state index contributed by atoms with van der Waals surface area (Å²) in [5, 5.41) is 2.78. The van der Waals surface area contributed by atoms with Crippen LogP contribution in [0.4, 0.5) is 0 Å². The van der Waals surface area contributed by atoms with Gasteiger partial charge in [0.2, 0.25) is 0 Å². The number of nitrogens with zero attached hydrogens (tertiary/aromatic N) is 1. The average molecular weight is 213 g/mol. The van der Waals surface area contributed by atoms with E-state index in [2.05, 4.69) is 23.6 Å². The van der Waals surface area contributed by atoms with Crippen molar-refractivity contribution in [1.82, 2.24) is 4.98 Å². The minimum Gasteiger partial charge on any atom is -0.464 e. The van der Waals surface area contributed by atoms with Crippen molar-refractivity contribution in [2.75, 3.05) is 7.11 Å². The number of esters is 1. The van der Waals surface area contributed by atoms with Crippen LogP contribution in [0.15, 0.2) is 5.38 Å². The van der Waals surface area contributed by atoms with Gasteiger partial charge in [-0.05, 0) is 6.42 Å². The van der Waals surface area contributed by atoms with Gasteiger partial charge in [-0.1, -0.05) is 20.3 Å². The van der Waals surface area contributed by atoms with Crippen molar-refractivity contribution >= 4 is 17.3 Å². The molecule has 1 heterocycles. The number of methoxy groups -OCH3 is 1. The first-order chi connectivity index (χ1) is 6.69. The van der Waals surface area contributed by atoms with Gasteiger partial charge in [-0.15, -0.1) is 11.3 Å². The molecule has 0 aliphatic heterocycles. The second kappa shape index (κ2) is 5.10. The van der Waals surface area contributed by atoms with Crippen LogP contribution in [0.3, 0.4) is 0 Å². The van der Waals surface area contributed by atoms with Crippen LogP contribution in [0, 0.1) is 0 Å². The quantitative estimate of drug-likeness (QED) is 0.722. The molecule has 0 fully saturated rings. The lowest BCUT2D eigenvalue weighted by Crippen LogP contribution is -2.02. The highest BCUT2D eigenvalue weighted by atomic mass is 32.1. The lowest BCUT2D eigenvalue weighted by Gasteiger charge is -2.04. The Morgan fingerprint density at radius 3 is 3.00 bits per heavy atom. The Labute approximate surface area is 88.1 Å². The van der Waals surface area contributed by atoms with Crippen molar-refractivity contribution in [2.24, 2.45) is 0 Å².